The largest absolute Gasteiger partial charge is 0.496 e. The van der Waals surface area contributed by atoms with Crippen LogP contribution in [0.4, 0.5) is 0 Å². The molecule has 1 atom stereocenters. The Morgan fingerprint density at radius 2 is 1.93 bits per heavy atom. The molecule has 2 aliphatic rings. The Labute approximate surface area is 173 Å². The van der Waals surface area contributed by atoms with Crippen molar-refractivity contribution in [2.75, 3.05) is 13.8 Å². The van der Waals surface area contributed by atoms with Crippen molar-refractivity contribution in [3.63, 3.8) is 0 Å². The Morgan fingerprint density at radius 1 is 1.14 bits per heavy atom. The third-order valence-corrected chi connectivity index (χ3v) is 6.28. The topological polar surface area (TPSA) is 53.1 Å². The maximum atomic E-state index is 12.6. The minimum Gasteiger partial charge on any atom is -0.496 e. The molecule has 2 heterocycles. The monoisotopic (exact) mass is 412 g/mol. The number of methoxy groups -OCH3 is 1. The van der Waals surface area contributed by atoms with Crippen molar-refractivity contribution < 1.29 is 18.8 Å². The van der Waals surface area contributed by atoms with Crippen molar-refractivity contribution in [2.24, 2.45) is 0 Å². The van der Waals surface area contributed by atoms with E-state index in [1.54, 1.807) is 7.11 Å². The molecule has 3 aromatic rings. The van der Waals surface area contributed by atoms with Gasteiger partial charge in [0.15, 0.2) is 11.3 Å². The molecule has 1 aromatic heterocycles. The van der Waals surface area contributed by atoms with Crippen LogP contribution in [-0.2, 0) is 25.9 Å². The molecule has 5 rings (SSSR count). The quantitative estimate of drug-likeness (QED) is 0.671. The van der Waals surface area contributed by atoms with Gasteiger partial charge in [0.2, 0.25) is 6.73 Å². The predicted octanol–water partition coefficient (Wildman–Crippen LogP) is 3.27. The van der Waals surface area contributed by atoms with Crippen LogP contribution in [0.1, 0.15) is 35.1 Å². The maximum Gasteiger partial charge on any atom is 0.339 e. The lowest BCUT2D eigenvalue weighted by Gasteiger charge is -2.28. The number of nitrogens with one attached hydrogen (secondary N) is 1. The van der Waals surface area contributed by atoms with Crippen molar-refractivity contribution >= 4 is 22.6 Å². The molecular weight excluding hydrogens is 390 g/mol. The summed E-state index contributed by atoms with van der Waals surface area (Å²) in [5.41, 5.74) is 4.33. The van der Waals surface area contributed by atoms with Crippen molar-refractivity contribution in [2.45, 2.75) is 38.8 Å². The number of para-hydroxylation sites is 1. The molecule has 150 valence electrons. The summed E-state index contributed by atoms with van der Waals surface area (Å²) in [6, 6.07) is 9.91. The minimum atomic E-state index is -0.214. The normalized spacial score (nSPS) is 18.1. The number of quaternary nitrogens is 1. The lowest BCUT2D eigenvalue weighted by atomic mass is 9.90. The molecule has 1 aliphatic heterocycles. The highest BCUT2D eigenvalue weighted by molar-refractivity contribution is 6.33. The third kappa shape index (κ3) is 3.18. The van der Waals surface area contributed by atoms with Gasteiger partial charge < -0.3 is 13.9 Å². The Kier molecular flexibility index (Phi) is 4.72. The third-order valence-electron chi connectivity index (χ3n) is 6.00. The number of hydrogen-bond donors (Lipinski definition) is 1. The maximum absolute atomic E-state index is 12.6. The highest BCUT2D eigenvalue weighted by Crippen LogP contribution is 2.39. The van der Waals surface area contributed by atoms with Crippen LogP contribution < -0.4 is 20.0 Å². The summed E-state index contributed by atoms with van der Waals surface area (Å²) in [6.07, 6.45) is 3.79. The van der Waals surface area contributed by atoms with Gasteiger partial charge in [-0.3, -0.25) is 4.90 Å². The number of hydrogen-bond acceptors (Lipinski definition) is 4. The molecule has 0 saturated carbocycles. The molecule has 6 heteroatoms. The number of aryl methyl sites for hydroxylation is 1. The van der Waals surface area contributed by atoms with E-state index in [2.05, 4.69) is 6.07 Å². The van der Waals surface area contributed by atoms with Gasteiger partial charge in [-0.1, -0.05) is 23.7 Å². The van der Waals surface area contributed by atoms with Gasteiger partial charge in [0.05, 0.1) is 17.7 Å². The summed E-state index contributed by atoms with van der Waals surface area (Å²) in [7, 11) is 1.68. The van der Waals surface area contributed by atoms with Crippen LogP contribution in [0.5, 0.6) is 11.5 Å². The first-order chi connectivity index (χ1) is 14.2. The zero-order valence-corrected chi connectivity index (χ0v) is 17.1. The molecule has 29 heavy (non-hydrogen) atoms. The number of halogens is 1. The van der Waals surface area contributed by atoms with E-state index < -0.39 is 0 Å². The van der Waals surface area contributed by atoms with Crippen LogP contribution in [-0.4, -0.2) is 13.8 Å². The lowest BCUT2D eigenvalue weighted by Crippen LogP contribution is -3.10. The first kappa shape index (κ1) is 18.5. The second kappa shape index (κ2) is 7.39. The fraction of sp³-hybridized carbons (Fsp3) is 0.348. The summed E-state index contributed by atoms with van der Waals surface area (Å²) in [5.74, 6) is 1.50. The highest BCUT2D eigenvalue weighted by Gasteiger charge is 2.29. The number of benzene rings is 2. The fourth-order valence-corrected chi connectivity index (χ4v) is 4.89. The molecule has 1 aliphatic carbocycles. The van der Waals surface area contributed by atoms with E-state index in [4.69, 9.17) is 25.5 Å². The van der Waals surface area contributed by atoms with Gasteiger partial charge in [0.25, 0.3) is 0 Å². The van der Waals surface area contributed by atoms with E-state index >= 15 is 0 Å². The second-order valence-electron chi connectivity index (χ2n) is 7.80. The smallest absolute Gasteiger partial charge is 0.339 e. The average molecular weight is 413 g/mol. The van der Waals surface area contributed by atoms with Crippen LogP contribution in [0, 0.1) is 0 Å². The van der Waals surface area contributed by atoms with Crippen LogP contribution in [0.25, 0.3) is 11.0 Å². The van der Waals surface area contributed by atoms with E-state index in [-0.39, 0.29) is 5.63 Å². The average Bonchev–Trinajstić information content (AvgIpc) is 2.75. The summed E-state index contributed by atoms with van der Waals surface area (Å²) in [5, 5.41) is 1.55. The highest BCUT2D eigenvalue weighted by atomic mass is 35.5. The molecule has 0 bridgehead atoms. The zero-order valence-electron chi connectivity index (χ0n) is 16.3. The molecular formula is C23H23ClNO4+. The molecule has 0 saturated heterocycles. The van der Waals surface area contributed by atoms with Gasteiger partial charge in [0.1, 0.15) is 18.8 Å². The Bertz CT molecular complexity index is 1150. The van der Waals surface area contributed by atoms with E-state index in [1.165, 1.54) is 4.90 Å². The van der Waals surface area contributed by atoms with Gasteiger partial charge in [-0.25, -0.2) is 4.79 Å². The van der Waals surface area contributed by atoms with Gasteiger partial charge in [0, 0.05) is 16.5 Å². The number of rotatable bonds is 3. The molecule has 1 N–H and O–H groups in total. The van der Waals surface area contributed by atoms with Crippen LogP contribution >= 0.6 is 11.6 Å². The molecule has 0 fully saturated rings. The first-order valence-corrected chi connectivity index (χ1v) is 10.4. The molecule has 0 radical (unpaired) electrons. The lowest BCUT2D eigenvalue weighted by molar-refractivity contribution is -0.945. The SMILES string of the molecule is COc1ccccc1C[NH+]1COc2c(Cl)cc3c4c(c(=O)oc3c2C1)CCCC4. The van der Waals surface area contributed by atoms with Gasteiger partial charge in [-0.05, 0) is 49.4 Å². The Morgan fingerprint density at radius 3 is 2.76 bits per heavy atom. The van der Waals surface area contributed by atoms with Crippen LogP contribution in [0.15, 0.2) is 39.5 Å². The van der Waals surface area contributed by atoms with E-state index in [9.17, 15) is 4.79 Å². The number of fused-ring (bicyclic) bond motifs is 5. The Balaban J connectivity index is 1.58. The molecule has 1 unspecified atom stereocenters. The van der Waals surface area contributed by atoms with Gasteiger partial charge in [-0.2, -0.15) is 0 Å². The molecule has 2 aromatic carbocycles. The summed E-state index contributed by atoms with van der Waals surface area (Å²) >= 11 is 6.58. The minimum absolute atomic E-state index is 0.214. The summed E-state index contributed by atoms with van der Waals surface area (Å²) in [6.45, 7) is 1.91. The molecule has 0 amide bonds. The summed E-state index contributed by atoms with van der Waals surface area (Å²) < 4.78 is 17.3. The zero-order chi connectivity index (χ0) is 20.0. The number of ether oxygens (including phenoxy) is 2. The van der Waals surface area contributed by atoms with Crippen LogP contribution in [0.2, 0.25) is 5.02 Å². The van der Waals surface area contributed by atoms with E-state index in [0.29, 0.717) is 29.6 Å². The van der Waals surface area contributed by atoms with Gasteiger partial charge >= 0.3 is 5.63 Å². The summed E-state index contributed by atoms with van der Waals surface area (Å²) in [4.78, 5) is 13.8. The van der Waals surface area contributed by atoms with E-state index in [1.807, 2.05) is 24.3 Å². The molecule has 5 nitrogen and oxygen atoms in total. The van der Waals surface area contributed by atoms with Gasteiger partial charge in [-0.15, -0.1) is 0 Å². The standard InChI is InChI=1S/C23H22ClNO4/c1-27-20-9-5-2-6-14(20)11-25-12-18-21-17(10-19(24)22(18)28-13-25)15-7-3-4-8-16(15)23(26)29-21/h2,5-6,9-10H,3-4,7-8,11-13H2,1H3/p+1. The Hall–Kier alpha value is -2.50. The molecule has 0 spiro atoms. The van der Waals surface area contributed by atoms with Crippen molar-refractivity contribution in [1.29, 1.82) is 0 Å². The van der Waals surface area contributed by atoms with Crippen molar-refractivity contribution in [1.82, 2.24) is 0 Å². The predicted molar refractivity (Wildman–Crippen MR) is 111 cm³/mol. The van der Waals surface area contributed by atoms with Crippen molar-refractivity contribution in [3.8, 4) is 11.5 Å². The van der Waals surface area contributed by atoms with E-state index in [0.717, 1.165) is 65.6 Å². The first-order valence-electron chi connectivity index (χ1n) is 10.0. The van der Waals surface area contributed by atoms with Crippen molar-refractivity contribution in [3.05, 3.63) is 68.0 Å². The van der Waals surface area contributed by atoms with Crippen LogP contribution in [0.3, 0.4) is 0 Å². The second-order valence-corrected chi connectivity index (χ2v) is 8.21. The fourth-order valence-electron chi connectivity index (χ4n) is 4.61.